The second-order valence-electron chi connectivity index (χ2n) is 5.41. The molecule has 1 aliphatic heterocycles. The Kier molecular flexibility index (Phi) is 5.06. The van der Waals surface area contributed by atoms with Crippen LogP contribution in [0.4, 0.5) is 0 Å². The van der Waals surface area contributed by atoms with E-state index in [0.29, 0.717) is 11.3 Å². The van der Waals surface area contributed by atoms with E-state index in [-0.39, 0.29) is 0 Å². The Bertz CT molecular complexity index is 376. The minimum atomic E-state index is 0.432. The molecule has 0 atom stereocenters. The molecule has 0 unspecified atom stereocenters. The normalized spacial score (nSPS) is 20.8. The Hall–Kier alpha value is -0.100. The predicted octanol–water partition coefficient (Wildman–Crippen LogP) is 2.36. The molecule has 0 aliphatic carbocycles. The van der Waals surface area contributed by atoms with Gasteiger partial charge in [-0.1, -0.05) is 13.8 Å². The van der Waals surface area contributed by atoms with Crippen LogP contribution < -0.4 is 5.73 Å². The lowest BCUT2D eigenvalue weighted by atomic mass is 10.1. The van der Waals surface area contributed by atoms with Crippen molar-refractivity contribution in [2.45, 2.75) is 38.0 Å². The largest absolute Gasteiger partial charge is 0.330 e. The van der Waals surface area contributed by atoms with Crippen LogP contribution in [0, 0.1) is 0 Å². The van der Waals surface area contributed by atoms with E-state index >= 15 is 0 Å². The zero-order chi connectivity index (χ0) is 13.0. The van der Waals surface area contributed by atoms with Crippen molar-refractivity contribution < 1.29 is 0 Å². The van der Waals surface area contributed by atoms with Gasteiger partial charge in [-0.05, 0) is 19.5 Å². The van der Waals surface area contributed by atoms with Gasteiger partial charge in [-0.15, -0.1) is 11.3 Å². The summed E-state index contributed by atoms with van der Waals surface area (Å²) in [6.45, 7) is 8.76. The predicted molar refractivity (Wildman–Crippen MR) is 81.3 cm³/mol. The Morgan fingerprint density at radius 2 is 2.28 bits per heavy atom. The molecule has 18 heavy (non-hydrogen) atoms. The summed E-state index contributed by atoms with van der Waals surface area (Å²) >= 11 is 3.84. The van der Waals surface area contributed by atoms with Crippen LogP contribution in [0.3, 0.4) is 0 Å². The van der Waals surface area contributed by atoms with Gasteiger partial charge in [0.05, 0.1) is 10.7 Å². The highest BCUT2D eigenvalue weighted by atomic mass is 32.2. The van der Waals surface area contributed by atoms with Gasteiger partial charge in [0.25, 0.3) is 0 Å². The monoisotopic (exact) mass is 285 g/mol. The molecule has 2 N–H and O–H groups in total. The van der Waals surface area contributed by atoms with E-state index in [0.717, 1.165) is 13.0 Å². The SMILES string of the molecule is CC1(C)CCN(Cc2csc(CCN)n2)CCS1. The van der Waals surface area contributed by atoms with Gasteiger partial charge in [-0.2, -0.15) is 11.8 Å². The first-order chi connectivity index (χ1) is 8.59. The van der Waals surface area contributed by atoms with Crippen LogP contribution in [0.25, 0.3) is 0 Å². The summed E-state index contributed by atoms with van der Waals surface area (Å²) in [6, 6.07) is 0. The molecule has 102 valence electrons. The topological polar surface area (TPSA) is 42.1 Å². The van der Waals surface area contributed by atoms with E-state index in [9.17, 15) is 0 Å². The van der Waals surface area contributed by atoms with Crippen LogP contribution in [0.2, 0.25) is 0 Å². The molecule has 0 spiro atoms. The van der Waals surface area contributed by atoms with Gasteiger partial charge < -0.3 is 5.73 Å². The maximum Gasteiger partial charge on any atom is 0.0941 e. The van der Waals surface area contributed by atoms with Crippen LogP contribution >= 0.6 is 23.1 Å². The van der Waals surface area contributed by atoms with Crippen molar-refractivity contribution in [3.63, 3.8) is 0 Å². The summed E-state index contributed by atoms with van der Waals surface area (Å²) in [7, 11) is 0. The summed E-state index contributed by atoms with van der Waals surface area (Å²) in [5, 5.41) is 3.37. The molecular weight excluding hydrogens is 262 g/mol. The lowest BCUT2D eigenvalue weighted by Gasteiger charge is -2.22. The summed E-state index contributed by atoms with van der Waals surface area (Å²) in [6.07, 6.45) is 2.17. The molecule has 0 radical (unpaired) electrons. The zero-order valence-corrected chi connectivity index (χ0v) is 12.9. The molecule has 3 nitrogen and oxygen atoms in total. The summed E-state index contributed by atoms with van der Waals surface area (Å²) in [5.41, 5.74) is 6.77. The number of aromatic nitrogens is 1. The molecule has 1 saturated heterocycles. The average Bonchev–Trinajstić information content (AvgIpc) is 2.66. The molecule has 1 aromatic rings. The zero-order valence-electron chi connectivity index (χ0n) is 11.3. The van der Waals surface area contributed by atoms with Crippen LogP contribution in [0.15, 0.2) is 5.38 Å². The first kappa shape index (κ1) is 14.3. The van der Waals surface area contributed by atoms with Crippen LogP contribution in [-0.4, -0.2) is 40.0 Å². The molecule has 1 fully saturated rings. The molecule has 0 amide bonds. The van der Waals surface area contributed by atoms with E-state index in [1.807, 2.05) is 0 Å². The third kappa shape index (κ3) is 4.23. The third-order valence-corrected chi connectivity index (χ3v) is 5.60. The standard InChI is InChI=1S/C13H23N3S2/c1-13(2)4-6-16(7-8-18-13)9-11-10-17-12(15-11)3-5-14/h10H,3-9,14H2,1-2H3. The van der Waals surface area contributed by atoms with Gasteiger partial charge in [0.15, 0.2) is 0 Å². The van der Waals surface area contributed by atoms with Gasteiger partial charge in [0.1, 0.15) is 0 Å². The maximum absolute atomic E-state index is 5.56. The van der Waals surface area contributed by atoms with Crippen molar-refractivity contribution in [2.24, 2.45) is 5.73 Å². The quantitative estimate of drug-likeness (QED) is 0.922. The minimum absolute atomic E-state index is 0.432. The molecule has 2 rings (SSSR count). The number of hydrogen-bond acceptors (Lipinski definition) is 5. The van der Waals surface area contributed by atoms with Crippen molar-refractivity contribution in [1.82, 2.24) is 9.88 Å². The van der Waals surface area contributed by atoms with Crippen LogP contribution in [-0.2, 0) is 13.0 Å². The molecule has 0 saturated carbocycles. The van der Waals surface area contributed by atoms with Gasteiger partial charge in [0.2, 0.25) is 0 Å². The second kappa shape index (κ2) is 6.37. The van der Waals surface area contributed by atoms with Crippen LogP contribution in [0.1, 0.15) is 31.0 Å². The number of thioether (sulfide) groups is 1. The molecule has 2 heterocycles. The number of nitrogens with zero attached hydrogens (tertiary/aromatic N) is 2. The average molecular weight is 285 g/mol. The lowest BCUT2D eigenvalue weighted by molar-refractivity contribution is 0.273. The summed E-state index contributed by atoms with van der Waals surface area (Å²) in [4.78, 5) is 7.18. The van der Waals surface area contributed by atoms with Gasteiger partial charge >= 0.3 is 0 Å². The summed E-state index contributed by atoms with van der Waals surface area (Å²) < 4.78 is 0.432. The highest BCUT2D eigenvalue weighted by Crippen LogP contribution is 2.31. The van der Waals surface area contributed by atoms with E-state index < -0.39 is 0 Å². The molecule has 0 aromatic carbocycles. The maximum atomic E-state index is 5.56. The molecule has 5 heteroatoms. The first-order valence-corrected chi connectivity index (χ1v) is 8.45. The fourth-order valence-electron chi connectivity index (χ4n) is 2.11. The fourth-order valence-corrected chi connectivity index (χ4v) is 4.05. The fraction of sp³-hybridized carbons (Fsp3) is 0.769. The van der Waals surface area contributed by atoms with Crippen molar-refractivity contribution >= 4 is 23.1 Å². The van der Waals surface area contributed by atoms with E-state index in [1.54, 1.807) is 11.3 Å². The summed E-state index contributed by atoms with van der Waals surface area (Å²) in [5.74, 6) is 1.23. The van der Waals surface area contributed by atoms with E-state index in [4.69, 9.17) is 5.73 Å². The second-order valence-corrected chi connectivity index (χ2v) is 8.15. The van der Waals surface area contributed by atoms with Gasteiger partial charge in [0, 0.05) is 35.4 Å². The molecular formula is C13H23N3S2. The molecule has 0 bridgehead atoms. The van der Waals surface area contributed by atoms with E-state index in [2.05, 4.69) is 40.9 Å². The number of thiazole rings is 1. The Morgan fingerprint density at radius 1 is 1.44 bits per heavy atom. The minimum Gasteiger partial charge on any atom is -0.330 e. The Morgan fingerprint density at radius 3 is 3.06 bits per heavy atom. The smallest absolute Gasteiger partial charge is 0.0941 e. The Balaban J connectivity index is 1.88. The Labute approximate surface area is 118 Å². The van der Waals surface area contributed by atoms with Gasteiger partial charge in [-0.25, -0.2) is 4.98 Å². The first-order valence-electron chi connectivity index (χ1n) is 6.59. The van der Waals surface area contributed by atoms with Crippen molar-refractivity contribution in [3.05, 3.63) is 16.1 Å². The number of hydrogen-bond donors (Lipinski definition) is 1. The van der Waals surface area contributed by atoms with Crippen molar-refractivity contribution in [1.29, 1.82) is 0 Å². The number of rotatable bonds is 4. The third-order valence-electron chi connectivity index (χ3n) is 3.27. The lowest BCUT2D eigenvalue weighted by Crippen LogP contribution is -2.27. The highest BCUT2D eigenvalue weighted by Gasteiger charge is 2.23. The van der Waals surface area contributed by atoms with Crippen molar-refractivity contribution in [3.8, 4) is 0 Å². The van der Waals surface area contributed by atoms with Crippen molar-refractivity contribution in [2.75, 3.05) is 25.4 Å². The molecule has 1 aromatic heterocycles. The highest BCUT2D eigenvalue weighted by molar-refractivity contribution is 8.00. The van der Waals surface area contributed by atoms with Gasteiger partial charge in [-0.3, -0.25) is 4.90 Å². The number of nitrogens with two attached hydrogens (primary N) is 1. The molecule has 1 aliphatic rings. The van der Waals surface area contributed by atoms with E-state index in [1.165, 1.54) is 36.0 Å². The van der Waals surface area contributed by atoms with Crippen LogP contribution in [0.5, 0.6) is 0 Å².